The first-order chi connectivity index (χ1) is 12.7. The first-order valence-electron chi connectivity index (χ1n) is 8.01. The fourth-order valence-electron chi connectivity index (χ4n) is 2.60. The molecule has 0 radical (unpaired) electrons. The zero-order chi connectivity index (χ0) is 17.9. The van der Waals surface area contributed by atoms with Crippen molar-refractivity contribution < 1.29 is 19.0 Å². The number of aromatic nitrogens is 3. The van der Waals surface area contributed by atoms with Gasteiger partial charge in [0.2, 0.25) is 0 Å². The van der Waals surface area contributed by atoms with Gasteiger partial charge in [-0.05, 0) is 24.3 Å². The van der Waals surface area contributed by atoms with E-state index < -0.39 is 0 Å². The number of nitrogens with one attached hydrogen (secondary N) is 1. The molecule has 0 saturated carbocycles. The number of para-hydroxylation sites is 2. The maximum absolute atomic E-state index is 12.4. The van der Waals surface area contributed by atoms with Crippen molar-refractivity contribution in [1.82, 2.24) is 15.0 Å². The third-order valence-corrected chi connectivity index (χ3v) is 3.87. The van der Waals surface area contributed by atoms with Crippen molar-refractivity contribution in [1.29, 1.82) is 0 Å². The summed E-state index contributed by atoms with van der Waals surface area (Å²) in [7, 11) is 1.54. The molecule has 0 atom stereocenters. The summed E-state index contributed by atoms with van der Waals surface area (Å²) in [6.07, 6.45) is 1.55. The molecule has 0 saturated heterocycles. The molecule has 8 nitrogen and oxygen atoms in total. The molecule has 3 aromatic rings. The second-order valence-corrected chi connectivity index (χ2v) is 5.53. The van der Waals surface area contributed by atoms with Gasteiger partial charge in [0.1, 0.15) is 19.0 Å². The van der Waals surface area contributed by atoms with Crippen LogP contribution in [0.2, 0.25) is 0 Å². The lowest BCUT2D eigenvalue weighted by atomic mass is 10.2. The van der Waals surface area contributed by atoms with E-state index in [0.29, 0.717) is 36.1 Å². The number of anilines is 1. The van der Waals surface area contributed by atoms with E-state index in [4.69, 9.17) is 14.2 Å². The molecule has 0 bridgehead atoms. The van der Waals surface area contributed by atoms with E-state index in [9.17, 15) is 4.79 Å². The molecule has 132 valence electrons. The van der Waals surface area contributed by atoms with Crippen LogP contribution in [0.15, 0.2) is 48.7 Å². The van der Waals surface area contributed by atoms with Gasteiger partial charge in [0.25, 0.3) is 5.91 Å². The second-order valence-electron chi connectivity index (χ2n) is 5.53. The van der Waals surface area contributed by atoms with Gasteiger partial charge in [-0.1, -0.05) is 17.3 Å². The van der Waals surface area contributed by atoms with Crippen LogP contribution in [0.1, 0.15) is 10.5 Å². The van der Waals surface area contributed by atoms with Crippen LogP contribution in [0.4, 0.5) is 5.69 Å². The zero-order valence-electron chi connectivity index (χ0n) is 14.0. The van der Waals surface area contributed by atoms with Crippen molar-refractivity contribution in [2.75, 3.05) is 25.6 Å². The highest BCUT2D eigenvalue weighted by molar-refractivity contribution is 6.03. The Morgan fingerprint density at radius 3 is 2.81 bits per heavy atom. The van der Waals surface area contributed by atoms with E-state index in [1.165, 1.54) is 4.68 Å². The van der Waals surface area contributed by atoms with E-state index >= 15 is 0 Å². The molecule has 1 aromatic heterocycles. The lowest BCUT2D eigenvalue weighted by molar-refractivity contribution is 0.102. The molecule has 0 unspecified atom stereocenters. The number of nitrogens with zero attached hydrogens (tertiary/aromatic N) is 3. The molecular formula is C18H16N4O4. The maximum atomic E-state index is 12.4. The maximum Gasteiger partial charge on any atom is 0.277 e. The van der Waals surface area contributed by atoms with Crippen molar-refractivity contribution in [3.05, 3.63) is 54.4 Å². The molecule has 0 aliphatic carbocycles. The molecule has 8 heteroatoms. The average Bonchev–Trinajstić information content (AvgIpc) is 3.18. The number of amides is 1. The van der Waals surface area contributed by atoms with Gasteiger partial charge >= 0.3 is 0 Å². The molecule has 0 fully saturated rings. The minimum Gasteiger partial charge on any atom is -0.495 e. The Bertz CT molecular complexity index is 954. The summed E-state index contributed by atoms with van der Waals surface area (Å²) in [6, 6.07) is 12.6. The highest BCUT2D eigenvalue weighted by Crippen LogP contribution is 2.31. The molecule has 0 spiro atoms. The van der Waals surface area contributed by atoms with Crippen molar-refractivity contribution in [2.45, 2.75) is 0 Å². The summed E-state index contributed by atoms with van der Waals surface area (Å²) < 4.78 is 17.8. The van der Waals surface area contributed by atoms with Gasteiger partial charge in [-0.3, -0.25) is 4.79 Å². The van der Waals surface area contributed by atoms with Gasteiger partial charge in [0, 0.05) is 6.07 Å². The number of fused-ring (bicyclic) bond motifs is 1. The number of carbonyl (C=O) groups is 1. The van der Waals surface area contributed by atoms with E-state index in [0.717, 1.165) is 5.69 Å². The van der Waals surface area contributed by atoms with Crippen LogP contribution >= 0.6 is 0 Å². The average molecular weight is 352 g/mol. The zero-order valence-corrected chi connectivity index (χ0v) is 14.0. The third kappa shape index (κ3) is 3.04. The Balaban J connectivity index is 1.55. The van der Waals surface area contributed by atoms with E-state index in [-0.39, 0.29) is 11.6 Å². The first-order valence-corrected chi connectivity index (χ1v) is 8.01. The largest absolute Gasteiger partial charge is 0.495 e. The molecule has 1 amide bonds. The number of carbonyl (C=O) groups excluding carboxylic acids is 1. The van der Waals surface area contributed by atoms with Crippen molar-refractivity contribution in [2.24, 2.45) is 0 Å². The van der Waals surface area contributed by atoms with Gasteiger partial charge in [0.15, 0.2) is 17.2 Å². The molecule has 2 heterocycles. The van der Waals surface area contributed by atoms with Gasteiger partial charge in [-0.2, -0.15) is 0 Å². The topological polar surface area (TPSA) is 87.5 Å². The number of hydrogen-bond donors (Lipinski definition) is 1. The Labute approximate surface area is 149 Å². The summed E-state index contributed by atoms with van der Waals surface area (Å²) in [5.74, 6) is 1.52. The second kappa shape index (κ2) is 6.75. The molecule has 4 rings (SSSR count). The summed E-state index contributed by atoms with van der Waals surface area (Å²) >= 11 is 0. The lowest BCUT2D eigenvalue weighted by Gasteiger charge is -2.18. The van der Waals surface area contributed by atoms with E-state index in [2.05, 4.69) is 15.6 Å². The highest BCUT2D eigenvalue weighted by Gasteiger charge is 2.16. The number of benzene rings is 2. The van der Waals surface area contributed by atoms with E-state index in [1.54, 1.807) is 37.6 Å². The minimum absolute atomic E-state index is 0.186. The highest BCUT2D eigenvalue weighted by atomic mass is 16.6. The Morgan fingerprint density at radius 2 is 1.96 bits per heavy atom. The third-order valence-electron chi connectivity index (χ3n) is 3.87. The molecule has 1 aliphatic rings. The molecular weight excluding hydrogens is 336 g/mol. The number of hydrogen-bond acceptors (Lipinski definition) is 6. The van der Waals surface area contributed by atoms with Crippen LogP contribution in [0, 0.1) is 0 Å². The monoisotopic (exact) mass is 352 g/mol. The van der Waals surface area contributed by atoms with Crippen LogP contribution < -0.4 is 19.5 Å². The molecule has 1 aliphatic heterocycles. The summed E-state index contributed by atoms with van der Waals surface area (Å²) in [6.45, 7) is 1.03. The van der Waals surface area contributed by atoms with Gasteiger partial charge in [-0.25, -0.2) is 4.68 Å². The molecule has 1 N–H and O–H groups in total. The first kappa shape index (κ1) is 15.9. The smallest absolute Gasteiger partial charge is 0.277 e. The van der Waals surface area contributed by atoms with Gasteiger partial charge in [-0.15, -0.1) is 5.10 Å². The molecule has 26 heavy (non-hydrogen) atoms. The standard InChI is InChI=1S/C18H16N4O4/c1-24-15-5-3-2-4-13(15)19-18(23)14-11-22(21-20-14)12-6-7-16-17(10-12)26-9-8-25-16/h2-7,10-11H,8-9H2,1H3,(H,19,23). The van der Waals surface area contributed by atoms with Crippen molar-refractivity contribution >= 4 is 11.6 Å². The predicted octanol–water partition coefficient (Wildman–Crippen LogP) is 2.30. The van der Waals surface area contributed by atoms with Crippen LogP contribution in [-0.4, -0.2) is 41.2 Å². The Kier molecular flexibility index (Phi) is 4.14. The number of ether oxygens (including phenoxy) is 3. The predicted molar refractivity (Wildman–Crippen MR) is 93.3 cm³/mol. The van der Waals surface area contributed by atoms with Gasteiger partial charge < -0.3 is 19.5 Å². The van der Waals surface area contributed by atoms with Crippen LogP contribution in [-0.2, 0) is 0 Å². The Hall–Kier alpha value is -3.55. The fraction of sp³-hybridized carbons (Fsp3) is 0.167. The van der Waals surface area contributed by atoms with Crippen LogP contribution in [0.3, 0.4) is 0 Å². The number of rotatable bonds is 4. The summed E-state index contributed by atoms with van der Waals surface area (Å²) in [4.78, 5) is 12.4. The minimum atomic E-state index is -0.377. The van der Waals surface area contributed by atoms with E-state index in [1.807, 2.05) is 18.2 Å². The summed E-state index contributed by atoms with van der Waals surface area (Å²) in [5, 5.41) is 10.7. The fourth-order valence-corrected chi connectivity index (χ4v) is 2.60. The normalized spacial score (nSPS) is 12.5. The SMILES string of the molecule is COc1ccccc1NC(=O)c1cn(-c2ccc3c(c2)OCCO3)nn1. The number of methoxy groups -OCH3 is 1. The van der Waals surface area contributed by atoms with Crippen LogP contribution in [0.5, 0.6) is 17.2 Å². The Morgan fingerprint density at radius 1 is 1.15 bits per heavy atom. The van der Waals surface area contributed by atoms with Crippen molar-refractivity contribution in [3.63, 3.8) is 0 Å². The van der Waals surface area contributed by atoms with Gasteiger partial charge in [0.05, 0.1) is 24.7 Å². The lowest BCUT2D eigenvalue weighted by Crippen LogP contribution is -2.15. The molecule has 2 aromatic carbocycles. The summed E-state index contributed by atoms with van der Waals surface area (Å²) in [5.41, 5.74) is 1.47. The van der Waals surface area contributed by atoms with Crippen molar-refractivity contribution in [3.8, 4) is 22.9 Å². The van der Waals surface area contributed by atoms with Crippen LogP contribution in [0.25, 0.3) is 5.69 Å². The quantitative estimate of drug-likeness (QED) is 0.775.